The molecule has 0 fully saturated rings. The van der Waals surface area contributed by atoms with Gasteiger partial charge in [0.1, 0.15) is 12.4 Å². The Morgan fingerprint density at radius 3 is 2.58 bits per heavy atom. The number of benzene rings is 2. The van der Waals surface area contributed by atoms with Crippen molar-refractivity contribution in [3.8, 4) is 5.75 Å². The highest BCUT2D eigenvalue weighted by atomic mass is 16.5. The van der Waals surface area contributed by atoms with E-state index in [4.69, 9.17) is 9.84 Å². The van der Waals surface area contributed by atoms with Gasteiger partial charge in [0.25, 0.3) is 0 Å². The van der Waals surface area contributed by atoms with Gasteiger partial charge in [-0.25, -0.2) is 4.79 Å². The quantitative estimate of drug-likeness (QED) is 0.818. The van der Waals surface area contributed by atoms with Gasteiger partial charge in [-0.1, -0.05) is 30.3 Å². The van der Waals surface area contributed by atoms with Crippen LogP contribution in [-0.2, 0) is 6.61 Å². The molecule has 0 saturated heterocycles. The van der Waals surface area contributed by atoms with Crippen LogP contribution in [0.3, 0.4) is 0 Å². The van der Waals surface area contributed by atoms with E-state index in [1.807, 2.05) is 62.4 Å². The van der Waals surface area contributed by atoms with Crippen LogP contribution in [0.15, 0.2) is 48.5 Å². The van der Waals surface area contributed by atoms with E-state index in [0.717, 1.165) is 22.6 Å². The molecule has 0 saturated carbocycles. The van der Waals surface area contributed by atoms with E-state index in [2.05, 4.69) is 5.32 Å². The minimum Gasteiger partial charge on any atom is -0.489 e. The van der Waals surface area contributed by atoms with E-state index < -0.39 is 0 Å². The first-order valence-corrected chi connectivity index (χ1v) is 8.08. The molecule has 0 atom stereocenters. The number of anilines is 1. The van der Waals surface area contributed by atoms with Crippen LogP contribution in [0.1, 0.15) is 18.1 Å². The van der Waals surface area contributed by atoms with E-state index in [1.165, 1.54) is 0 Å². The van der Waals surface area contributed by atoms with E-state index in [-0.39, 0.29) is 12.6 Å². The molecular formula is C19H24N2O3. The molecule has 128 valence electrons. The van der Waals surface area contributed by atoms with Gasteiger partial charge in [-0.2, -0.15) is 0 Å². The Balaban J connectivity index is 2.05. The first kappa shape index (κ1) is 17.8. The number of aliphatic hydroxyl groups excluding tert-OH is 1. The summed E-state index contributed by atoms with van der Waals surface area (Å²) in [5.74, 6) is 0.812. The minimum atomic E-state index is -0.212. The summed E-state index contributed by atoms with van der Waals surface area (Å²) in [6, 6.07) is 15.2. The van der Waals surface area contributed by atoms with Crippen LogP contribution in [0.25, 0.3) is 0 Å². The first-order chi connectivity index (χ1) is 11.7. The van der Waals surface area contributed by atoms with E-state index in [0.29, 0.717) is 19.7 Å². The highest BCUT2D eigenvalue weighted by molar-refractivity contribution is 5.90. The molecule has 24 heavy (non-hydrogen) atoms. The Hall–Kier alpha value is -2.53. The lowest BCUT2D eigenvalue weighted by molar-refractivity contribution is 0.192. The van der Waals surface area contributed by atoms with Crippen molar-refractivity contribution in [2.24, 2.45) is 0 Å². The van der Waals surface area contributed by atoms with Crippen molar-refractivity contribution >= 4 is 11.7 Å². The SMILES string of the molecule is CCN(CCO)C(=O)Nc1cccc(COc2ccccc2)c1C. The Morgan fingerprint density at radius 1 is 1.17 bits per heavy atom. The summed E-state index contributed by atoms with van der Waals surface area (Å²) < 4.78 is 5.78. The predicted molar refractivity (Wildman–Crippen MR) is 95.3 cm³/mol. The lowest BCUT2D eigenvalue weighted by Gasteiger charge is -2.21. The molecule has 0 radical (unpaired) electrons. The highest BCUT2D eigenvalue weighted by Gasteiger charge is 2.13. The average molecular weight is 328 g/mol. The lowest BCUT2D eigenvalue weighted by Crippen LogP contribution is -2.37. The van der Waals surface area contributed by atoms with Gasteiger partial charge in [-0.3, -0.25) is 0 Å². The molecule has 0 aromatic heterocycles. The Labute approximate surface area is 142 Å². The smallest absolute Gasteiger partial charge is 0.321 e. The number of rotatable bonds is 7. The molecule has 2 amide bonds. The number of carbonyl (C=O) groups excluding carboxylic acids is 1. The lowest BCUT2D eigenvalue weighted by atomic mass is 10.1. The molecule has 0 aliphatic carbocycles. The second kappa shape index (κ2) is 8.93. The van der Waals surface area contributed by atoms with Crippen LogP contribution in [0.5, 0.6) is 5.75 Å². The van der Waals surface area contributed by atoms with Crippen LogP contribution < -0.4 is 10.1 Å². The number of hydrogen-bond donors (Lipinski definition) is 2. The third-order valence-electron chi connectivity index (χ3n) is 3.86. The van der Waals surface area contributed by atoms with Crippen molar-refractivity contribution in [3.63, 3.8) is 0 Å². The summed E-state index contributed by atoms with van der Waals surface area (Å²) in [5, 5.41) is 11.9. The maximum absolute atomic E-state index is 12.2. The van der Waals surface area contributed by atoms with Gasteiger partial charge in [-0.05, 0) is 43.2 Å². The second-order valence-corrected chi connectivity index (χ2v) is 5.42. The summed E-state index contributed by atoms with van der Waals surface area (Å²) in [4.78, 5) is 13.8. The number of hydrogen-bond acceptors (Lipinski definition) is 3. The summed E-state index contributed by atoms with van der Waals surface area (Å²) in [6.07, 6.45) is 0. The fourth-order valence-electron chi connectivity index (χ4n) is 2.37. The maximum Gasteiger partial charge on any atom is 0.321 e. The van der Waals surface area contributed by atoms with Crippen molar-refractivity contribution in [1.29, 1.82) is 0 Å². The zero-order valence-corrected chi connectivity index (χ0v) is 14.2. The fraction of sp³-hybridized carbons (Fsp3) is 0.316. The average Bonchev–Trinajstić information content (AvgIpc) is 2.61. The number of amides is 2. The van der Waals surface area contributed by atoms with Crippen LogP contribution in [0.2, 0.25) is 0 Å². The number of urea groups is 1. The summed E-state index contributed by atoms with van der Waals surface area (Å²) in [7, 11) is 0. The topological polar surface area (TPSA) is 61.8 Å². The molecular weight excluding hydrogens is 304 g/mol. The van der Waals surface area contributed by atoms with E-state index in [9.17, 15) is 4.79 Å². The second-order valence-electron chi connectivity index (χ2n) is 5.42. The number of carbonyl (C=O) groups is 1. The zero-order valence-electron chi connectivity index (χ0n) is 14.2. The molecule has 5 heteroatoms. The van der Waals surface area contributed by atoms with Gasteiger partial charge in [0.2, 0.25) is 0 Å². The van der Waals surface area contributed by atoms with Gasteiger partial charge in [0.05, 0.1) is 6.61 Å². The minimum absolute atomic E-state index is 0.0504. The fourth-order valence-corrected chi connectivity index (χ4v) is 2.37. The van der Waals surface area contributed by atoms with Crippen molar-refractivity contribution in [1.82, 2.24) is 4.90 Å². The normalized spacial score (nSPS) is 10.3. The molecule has 2 N–H and O–H groups in total. The summed E-state index contributed by atoms with van der Waals surface area (Å²) in [6.45, 7) is 5.09. The Morgan fingerprint density at radius 2 is 1.92 bits per heavy atom. The van der Waals surface area contributed by atoms with Crippen LogP contribution in [-0.4, -0.2) is 35.7 Å². The molecule has 0 bridgehead atoms. The van der Waals surface area contributed by atoms with Crippen molar-refractivity contribution < 1.29 is 14.6 Å². The molecule has 5 nitrogen and oxygen atoms in total. The van der Waals surface area contributed by atoms with Crippen LogP contribution in [0, 0.1) is 6.92 Å². The highest BCUT2D eigenvalue weighted by Crippen LogP contribution is 2.21. The molecule has 0 aliphatic heterocycles. The van der Waals surface area contributed by atoms with E-state index >= 15 is 0 Å². The van der Waals surface area contributed by atoms with Gasteiger partial charge < -0.3 is 20.1 Å². The Bertz CT molecular complexity index is 659. The first-order valence-electron chi connectivity index (χ1n) is 8.08. The maximum atomic E-state index is 12.2. The molecule has 2 aromatic rings. The van der Waals surface area contributed by atoms with Crippen molar-refractivity contribution in [2.45, 2.75) is 20.5 Å². The Kier molecular flexibility index (Phi) is 6.63. The standard InChI is InChI=1S/C19H24N2O3/c1-3-21(12-13-22)19(23)20-18-11-7-8-16(15(18)2)14-24-17-9-5-4-6-10-17/h4-11,22H,3,12-14H2,1-2H3,(H,20,23). The van der Waals surface area contributed by atoms with Gasteiger partial charge in [0, 0.05) is 18.8 Å². The number of likely N-dealkylation sites (N-methyl/N-ethyl adjacent to an activating group) is 1. The number of para-hydroxylation sites is 1. The van der Waals surface area contributed by atoms with Gasteiger partial charge in [0.15, 0.2) is 0 Å². The van der Waals surface area contributed by atoms with Crippen molar-refractivity contribution in [3.05, 3.63) is 59.7 Å². The summed E-state index contributed by atoms with van der Waals surface area (Å²) >= 11 is 0. The molecule has 0 spiro atoms. The monoisotopic (exact) mass is 328 g/mol. The molecule has 0 heterocycles. The number of aliphatic hydroxyl groups is 1. The van der Waals surface area contributed by atoms with E-state index in [1.54, 1.807) is 4.90 Å². The van der Waals surface area contributed by atoms with Gasteiger partial charge >= 0.3 is 6.03 Å². The molecule has 0 unspecified atom stereocenters. The van der Waals surface area contributed by atoms with Crippen molar-refractivity contribution in [2.75, 3.05) is 25.0 Å². The predicted octanol–water partition coefficient (Wildman–Crippen LogP) is 3.42. The van der Waals surface area contributed by atoms with Crippen LogP contribution in [0.4, 0.5) is 10.5 Å². The number of ether oxygens (including phenoxy) is 1. The number of nitrogens with one attached hydrogen (secondary N) is 1. The third-order valence-corrected chi connectivity index (χ3v) is 3.86. The molecule has 0 aliphatic rings. The van der Waals surface area contributed by atoms with Gasteiger partial charge in [-0.15, -0.1) is 0 Å². The zero-order chi connectivity index (χ0) is 17.4. The number of nitrogens with zero attached hydrogens (tertiary/aromatic N) is 1. The summed E-state index contributed by atoms with van der Waals surface area (Å²) in [5.41, 5.74) is 2.74. The van der Waals surface area contributed by atoms with Crippen LogP contribution >= 0.6 is 0 Å². The third kappa shape index (κ3) is 4.73. The molecule has 2 aromatic carbocycles. The molecule has 2 rings (SSSR count). The largest absolute Gasteiger partial charge is 0.489 e.